The predicted molar refractivity (Wildman–Crippen MR) is 112 cm³/mol. The summed E-state index contributed by atoms with van der Waals surface area (Å²) in [5.74, 6) is 0.699. The molecule has 0 saturated heterocycles. The van der Waals surface area contributed by atoms with Crippen LogP contribution in [0.2, 0.25) is 0 Å². The lowest BCUT2D eigenvalue weighted by molar-refractivity contribution is -0.134. The number of hydrogen-bond donors (Lipinski definition) is 1. The Morgan fingerprint density at radius 3 is 1.96 bits per heavy atom. The summed E-state index contributed by atoms with van der Waals surface area (Å²) >= 11 is 0. The quantitative estimate of drug-likeness (QED) is 0.718. The molecule has 0 aliphatic rings. The number of nitrogens with one attached hydrogen (secondary N) is 1. The van der Waals surface area contributed by atoms with E-state index in [-0.39, 0.29) is 29.6 Å². The molecule has 1 N–H and O–H groups in total. The van der Waals surface area contributed by atoms with E-state index < -0.39 is 5.41 Å². The molecule has 0 spiro atoms. The third-order valence-corrected chi connectivity index (χ3v) is 4.23. The van der Waals surface area contributed by atoms with Crippen molar-refractivity contribution in [3.63, 3.8) is 0 Å². The van der Waals surface area contributed by atoms with Crippen molar-refractivity contribution < 1.29 is 19.1 Å². The number of ether oxygens (including phenoxy) is 2. The molecule has 0 heterocycles. The molecule has 28 heavy (non-hydrogen) atoms. The van der Waals surface area contributed by atoms with E-state index in [4.69, 9.17) is 9.47 Å². The molecule has 0 aromatic heterocycles. The van der Waals surface area contributed by atoms with Crippen molar-refractivity contribution in [1.29, 1.82) is 0 Å². The number of nitrogens with zero attached hydrogens (tertiary/aromatic N) is 1. The van der Waals surface area contributed by atoms with Gasteiger partial charge in [0.2, 0.25) is 5.91 Å². The van der Waals surface area contributed by atoms with E-state index in [1.165, 1.54) is 0 Å². The van der Waals surface area contributed by atoms with Crippen LogP contribution in [-0.2, 0) is 9.59 Å². The van der Waals surface area contributed by atoms with Crippen LogP contribution in [0, 0.1) is 5.41 Å². The monoisotopic (exact) mass is 390 g/mol. The second-order valence-electron chi connectivity index (χ2n) is 8.28. The van der Waals surface area contributed by atoms with Crippen LogP contribution in [0.5, 0.6) is 11.5 Å². The van der Waals surface area contributed by atoms with Crippen LogP contribution in [0.15, 0.2) is 23.9 Å². The Kier molecular flexibility index (Phi) is 8.09. The molecule has 6 heteroatoms. The number of carbonyl (C=O) groups is 2. The van der Waals surface area contributed by atoms with Gasteiger partial charge in [-0.1, -0.05) is 26.8 Å². The summed E-state index contributed by atoms with van der Waals surface area (Å²) in [5, 5.41) is 2.82. The van der Waals surface area contributed by atoms with Gasteiger partial charge in [-0.15, -0.1) is 0 Å². The molecule has 2 amide bonds. The van der Waals surface area contributed by atoms with E-state index in [9.17, 15) is 9.59 Å². The van der Waals surface area contributed by atoms with Gasteiger partial charge in [-0.3, -0.25) is 9.59 Å². The summed E-state index contributed by atoms with van der Waals surface area (Å²) in [7, 11) is 3.12. The zero-order valence-corrected chi connectivity index (χ0v) is 18.5. The molecule has 0 aliphatic heterocycles. The van der Waals surface area contributed by atoms with E-state index in [1.807, 2.05) is 54.5 Å². The highest BCUT2D eigenvalue weighted by molar-refractivity contribution is 6.02. The largest absolute Gasteiger partial charge is 0.493 e. The maximum atomic E-state index is 13.3. The summed E-state index contributed by atoms with van der Waals surface area (Å²) in [6.07, 6.45) is 1.67. The highest BCUT2D eigenvalue weighted by Gasteiger charge is 2.28. The van der Waals surface area contributed by atoms with Gasteiger partial charge in [-0.05, 0) is 51.5 Å². The second kappa shape index (κ2) is 9.62. The number of benzene rings is 1. The van der Waals surface area contributed by atoms with Crippen LogP contribution in [0.4, 0.5) is 0 Å². The molecule has 0 aliphatic carbocycles. The maximum absolute atomic E-state index is 13.3. The van der Waals surface area contributed by atoms with E-state index in [2.05, 4.69) is 5.32 Å². The van der Waals surface area contributed by atoms with Crippen molar-refractivity contribution in [2.24, 2.45) is 5.41 Å². The van der Waals surface area contributed by atoms with Gasteiger partial charge in [0.05, 0.1) is 14.2 Å². The molecular weight excluding hydrogens is 356 g/mol. The van der Waals surface area contributed by atoms with Crippen molar-refractivity contribution in [2.75, 3.05) is 14.2 Å². The summed E-state index contributed by atoms with van der Waals surface area (Å²) in [4.78, 5) is 27.6. The molecule has 0 radical (unpaired) electrons. The van der Waals surface area contributed by atoms with Gasteiger partial charge >= 0.3 is 0 Å². The highest BCUT2D eigenvalue weighted by atomic mass is 16.5. The molecule has 6 nitrogen and oxygen atoms in total. The molecule has 1 aromatic carbocycles. The third-order valence-electron chi connectivity index (χ3n) is 4.23. The number of carbonyl (C=O) groups excluding carboxylic acids is 2. The first-order chi connectivity index (χ1) is 12.9. The molecule has 156 valence electrons. The summed E-state index contributed by atoms with van der Waals surface area (Å²) in [5.41, 5.74) is 0.328. The Labute approximate surface area is 168 Å². The van der Waals surface area contributed by atoms with Crippen LogP contribution in [0.1, 0.15) is 54.0 Å². The van der Waals surface area contributed by atoms with Crippen molar-refractivity contribution >= 4 is 17.9 Å². The Hall–Kier alpha value is -2.50. The summed E-state index contributed by atoms with van der Waals surface area (Å²) in [6.45, 7) is 13.3. The minimum absolute atomic E-state index is 0.00663. The van der Waals surface area contributed by atoms with Gasteiger partial charge in [-0.25, -0.2) is 0 Å². The van der Waals surface area contributed by atoms with Gasteiger partial charge in [0.1, 0.15) is 5.70 Å². The van der Waals surface area contributed by atoms with Gasteiger partial charge in [0.25, 0.3) is 5.91 Å². The lowest BCUT2D eigenvalue weighted by Gasteiger charge is -2.32. The first-order valence-electron chi connectivity index (χ1n) is 9.50. The van der Waals surface area contributed by atoms with Gasteiger partial charge in [-0.2, -0.15) is 0 Å². The van der Waals surface area contributed by atoms with E-state index in [0.29, 0.717) is 11.5 Å². The molecule has 1 rings (SSSR count). The topological polar surface area (TPSA) is 67.9 Å². The molecule has 1 aromatic rings. The van der Waals surface area contributed by atoms with E-state index in [0.717, 1.165) is 5.56 Å². The Balaban J connectivity index is 3.43. The van der Waals surface area contributed by atoms with Crippen molar-refractivity contribution in [2.45, 2.75) is 60.5 Å². The summed E-state index contributed by atoms with van der Waals surface area (Å²) < 4.78 is 10.6. The van der Waals surface area contributed by atoms with Gasteiger partial charge < -0.3 is 19.7 Å². The minimum Gasteiger partial charge on any atom is -0.493 e. The zero-order chi connectivity index (χ0) is 21.6. The van der Waals surface area contributed by atoms with Crippen molar-refractivity contribution in [3.8, 4) is 11.5 Å². The SMILES string of the molecule is COc1ccc(/C=C(/NC(=O)C(C)(C)C)C(=O)N(C(C)C)C(C)C)cc1OC. The second-order valence-corrected chi connectivity index (χ2v) is 8.28. The van der Waals surface area contributed by atoms with E-state index in [1.54, 1.807) is 37.3 Å². The van der Waals surface area contributed by atoms with Gasteiger partial charge in [0, 0.05) is 17.5 Å². The van der Waals surface area contributed by atoms with Crippen LogP contribution >= 0.6 is 0 Å². The Bertz CT molecular complexity index is 723. The molecule has 0 saturated carbocycles. The minimum atomic E-state index is -0.628. The fourth-order valence-corrected chi connectivity index (χ4v) is 2.77. The molecule has 0 fully saturated rings. The van der Waals surface area contributed by atoms with Crippen LogP contribution in [-0.4, -0.2) is 43.0 Å². The zero-order valence-electron chi connectivity index (χ0n) is 18.5. The molecular formula is C22H34N2O4. The lowest BCUT2D eigenvalue weighted by Crippen LogP contribution is -2.47. The van der Waals surface area contributed by atoms with Crippen LogP contribution in [0.3, 0.4) is 0 Å². The smallest absolute Gasteiger partial charge is 0.270 e. The molecule has 0 atom stereocenters. The van der Waals surface area contributed by atoms with Crippen LogP contribution < -0.4 is 14.8 Å². The van der Waals surface area contributed by atoms with Crippen molar-refractivity contribution in [1.82, 2.24) is 10.2 Å². The number of hydrogen-bond acceptors (Lipinski definition) is 4. The Morgan fingerprint density at radius 2 is 1.54 bits per heavy atom. The molecule has 0 unspecified atom stereocenters. The maximum Gasteiger partial charge on any atom is 0.270 e. The van der Waals surface area contributed by atoms with Gasteiger partial charge in [0.15, 0.2) is 11.5 Å². The summed E-state index contributed by atoms with van der Waals surface area (Å²) in [6, 6.07) is 5.33. The lowest BCUT2D eigenvalue weighted by atomic mass is 9.95. The number of amides is 2. The first kappa shape index (κ1) is 23.5. The standard InChI is InChI=1S/C22H34N2O4/c1-14(2)24(15(3)4)20(25)17(23-21(26)22(5,6)7)12-16-10-11-18(27-8)19(13-16)28-9/h10-15H,1-9H3,(H,23,26)/b17-12+. The third kappa shape index (κ3) is 6.01. The first-order valence-corrected chi connectivity index (χ1v) is 9.50. The van der Waals surface area contributed by atoms with E-state index >= 15 is 0 Å². The number of rotatable bonds is 7. The number of methoxy groups -OCH3 is 2. The highest BCUT2D eigenvalue weighted by Crippen LogP contribution is 2.28. The Morgan fingerprint density at radius 1 is 1.00 bits per heavy atom. The van der Waals surface area contributed by atoms with Crippen LogP contribution in [0.25, 0.3) is 6.08 Å². The average molecular weight is 391 g/mol. The van der Waals surface area contributed by atoms with Crippen molar-refractivity contribution in [3.05, 3.63) is 29.5 Å². The predicted octanol–water partition coefficient (Wildman–Crippen LogP) is 3.85. The normalized spacial score (nSPS) is 12.2. The average Bonchev–Trinajstić information content (AvgIpc) is 2.59. The molecule has 0 bridgehead atoms. The fraction of sp³-hybridized carbons (Fsp3) is 0.545. The fourth-order valence-electron chi connectivity index (χ4n) is 2.77.